The summed E-state index contributed by atoms with van der Waals surface area (Å²) in [6.45, 7) is 5.93. The van der Waals surface area contributed by atoms with E-state index in [9.17, 15) is 0 Å². The summed E-state index contributed by atoms with van der Waals surface area (Å²) in [6, 6.07) is 0. The standard InChI is InChI=1S/C30H62O.3C2H4O2/c1-2-3-4-5-6-7-8-9-10-11-12-13-14-15-16-17-18-19-20-21-22-23-24-25-26-27-28-29-30-31;3*1-2(3)4/h31H,2-30H2,1H3;3*1H3,(H,3,4). The van der Waals surface area contributed by atoms with Gasteiger partial charge >= 0.3 is 0 Å². The first kappa shape index (κ1) is 48.3. The van der Waals surface area contributed by atoms with Gasteiger partial charge in [0.05, 0.1) is 0 Å². The van der Waals surface area contributed by atoms with E-state index in [1.165, 1.54) is 173 Å². The van der Waals surface area contributed by atoms with Crippen LogP contribution in [0, 0.1) is 0 Å². The highest BCUT2D eigenvalue weighted by molar-refractivity contribution is 5.63. The van der Waals surface area contributed by atoms with E-state index in [1.54, 1.807) is 0 Å². The van der Waals surface area contributed by atoms with E-state index in [4.69, 9.17) is 34.8 Å². The molecule has 43 heavy (non-hydrogen) atoms. The van der Waals surface area contributed by atoms with Crippen molar-refractivity contribution in [2.24, 2.45) is 0 Å². The molecule has 0 unspecified atom stereocenters. The average molecular weight is 619 g/mol. The van der Waals surface area contributed by atoms with E-state index in [-0.39, 0.29) is 0 Å². The van der Waals surface area contributed by atoms with Gasteiger partial charge < -0.3 is 20.4 Å². The SMILES string of the molecule is CC(=O)O.CC(=O)O.CC(=O)O.CCCCCCCCCCCCCCCCCCCCCCCCCCCCCCO. The topological polar surface area (TPSA) is 132 Å². The van der Waals surface area contributed by atoms with Crippen LogP contribution in [0.3, 0.4) is 0 Å². The molecule has 0 aliphatic rings. The molecule has 0 atom stereocenters. The number of aliphatic hydroxyl groups is 1. The van der Waals surface area contributed by atoms with Crippen molar-refractivity contribution in [3.05, 3.63) is 0 Å². The molecule has 0 radical (unpaired) electrons. The lowest BCUT2D eigenvalue weighted by Crippen LogP contribution is -1.85. The van der Waals surface area contributed by atoms with Crippen molar-refractivity contribution in [3.8, 4) is 0 Å². The zero-order valence-electron chi connectivity index (χ0n) is 29.0. The van der Waals surface area contributed by atoms with Crippen LogP contribution in [0.2, 0.25) is 0 Å². The van der Waals surface area contributed by atoms with Crippen LogP contribution in [0.4, 0.5) is 0 Å². The van der Waals surface area contributed by atoms with Gasteiger partial charge in [0.1, 0.15) is 0 Å². The number of rotatable bonds is 28. The second-order valence-corrected chi connectivity index (χ2v) is 11.8. The Hall–Kier alpha value is -1.63. The molecule has 0 aliphatic carbocycles. The van der Waals surface area contributed by atoms with Crippen molar-refractivity contribution in [3.63, 3.8) is 0 Å². The van der Waals surface area contributed by atoms with E-state index in [1.807, 2.05) is 0 Å². The van der Waals surface area contributed by atoms with Gasteiger partial charge in [-0.3, -0.25) is 14.4 Å². The number of hydrogen-bond donors (Lipinski definition) is 4. The van der Waals surface area contributed by atoms with Crippen molar-refractivity contribution >= 4 is 17.9 Å². The van der Waals surface area contributed by atoms with Gasteiger partial charge in [0.2, 0.25) is 0 Å². The lowest BCUT2D eigenvalue weighted by atomic mass is 10.0. The molecule has 7 nitrogen and oxygen atoms in total. The maximum Gasteiger partial charge on any atom is 0.300 e. The highest BCUT2D eigenvalue weighted by Gasteiger charge is 1.96. The summed E-state index contributed by atoms with van der Waals surface area (Å²) in [5.41, 5.74) is 0. The monoisotopic (exact) mass is 619 g/mol. The Morgan fingerprint density at radius 1 is 0.326 bits per heavy atom. The summed E-state index contributed by atoms with van der Waals surface area (Å²) in [4.78, 5) is 27.0. The highest BCUT2D eigenvalue weighted by atomic mass is 16.4. The minimum absolute atomic E-state index is 0.374. The number of unbranched alkanes of at least 4 members (excludes halogenated alkanes) is 27. The van der Waals surface area contributed by atoms with Crippen molar-refractivity contribution in [2.75, 3.05) is 6.61 Å². The normalized spacial score (nSPS) is 9.98. The predicted molar refractivity (Wildman–Crippen MR) is 182 cm³/mol. The van der Waals surface area contributed by atoms with E-state index < -0.39 is 17.9 Å². The zero-order valence-corrected chi connectivity index (χ0v) is 29.0. The zero-order chi connectivity index (χ0) is 33.2. The minimum Gasteiger partial charge on any atom is -0.481 e. The first-order valence-corrected chi connectivity index (χ1v) is 17.8. The third-order valence-corrected chi connectivity index (χ3v) is 7.01. The van der Waals surface area contributed by atoms with Gasteiger partial charge in [-0.05, 0) is 6.42 Å². The molecule has 0 rings (SSSR count). The van der Waals surface area contributed by atoms with Crippen LogP contribution in [0.15, 0.2) is 0 Å². The molecule has 0 spiro atoms. The molecule has 0 aromatic carbocycles. The van der Waals surface area contributed by atoms with Crippen molar-refractivity contribution in [1.29, 1.82) is 0 Å². The number of aliphatic carboxylic acids is 3. The van der Waals surface area contributed by atoms with Gasteiger partial charge in [0, 0.05) is 27.4 Å². The number of aliphatic hydroxyl groups excluding tert-OH is 1. The Morgan fingerprint density at radius 3 is 0.558 bits per heavy atom. The number of hydrogen-bond acceptors (Lipinski definition) is 4. The Morgan fingerprint density at radius 2 is 0.442 bits per heavy atom. The Bertz CT molecular complexity index is 469. The molecule has 260 valence electrons. The van der Waals surface area contributed by atoms with Gasteiger partial charge in [-0.2, -0.15) is 0 Å². The van der Waals surface area contributed by atoms with E-state index >= 15 is 0 Å². The smallest absolute Gasteiger partial charge is 0.300 e. The third kappa shape index (κ3) is 85.5. The largest absolute Gasteiger partial charge is 0.481 e. The molecule has 0 heterocycles. The molecule has 0 aromatic heterocycles. The molecule has 0 aromatic rings. The molecule has 0 bridgehead atoms. The summed E-state index contributed by atoms with van der Waals surface area (Å²) >= 11 is 0. The van der Waals surface area contributed by atoms with Gasteiger partial charge in [-0.15, -0.1) is 0 Å². The van der Waals surface area contributed by atoms with E-state index in [2.05, 4.69) is 6.92 Å². The van der Waals surface area contributed by atoms with Gasteiger partial charge in [0.15, 0.2) is 0 Å². The van der Waals surface area contributed by atoms with E-state index in [0.29, 0.717) is 6.61 Å². The van der Waals surface area contributed by atoms with Crippen LogP contribution in [0.25, 0.3) is 0 Å². The highest BCUT2D eigenvalue weighted by Crippen LogP contribution is 2.16. The maximum absolute atomic E-state index is 9.00. The Labute approximate surface area is 266 Å². The fourth-order valence-electron chi connectivity index (χ4n) is 4.78. The number of carbonyl (C=O) groups is 3. The Kier molecular flexibility index (Phi) is 53.1. The molecule has 0 amide bonds. The third-order valence-electron chi connectivity index (χ3n) is 7.01. The van der Waals surface area contributed by atoms with Gasteiger partial charge in [-0.25, -0.2) is 0 Å². The summed E-state index contributed by atoms with van der Waals surface area (Å²) in [7, 11) is 0. The number of carboxylic acids is 3. The molecule has 0 saturated heterocycles. The van der Waals surface area contributed by atoms with Crippen molar-refractivity contribution in [1.82, 2.24) is 0 Å². The van der Waals surface area contributed by atoms with Crippen LogP contribution in [-0.4, -0.2) is 44.9 Å². The molecule has 0 saturated carbocycles. The van der Waals surface area contributed by atoms with Crippen LogP contribution in [0.1, 0.15) is 207 Å². The van der Waals surface area contributed by atoms with Crippen molar-refractivity contribution in [2.45, 2.75) is 207 Å². The van der Waals surface area contributed by atoms with Gasteiger partial charge in [0.25, 0.3) is 17.9 Å². The summed E-state index contributed by atoms with van der Waals surface area (Å²) < 4.78 is 0. The molecular weight excluding hydrogens is 544 g/mol. The molecule has 4 N–H and O–H groups in total. The molecular formula is C36H74O7. The number of carboxylic acid groups (broad SMARTS) is 3. The van der Waals surface area contributed by atoms with Crippen LogP contribution < -0.4 is 0 Å². The van der Waals surface area contributed by atoms with Crippen LogP contribution in [0.5, 0.6) is 0 Å². The van der Waals surface area contributed by atoms with Crippen molar-refractivity contribution < 1.29 is 34.8 Å². The predicted octanol–water partition coefficient (Wildman–Crippen LogP) is 11.2. The van der Waals surface area contributed by atoms with Crippen LogP contribution >= 0.6 is 0 Å². The first-order chi connectivity index (χ1) is 20.6. The lowest BCUT2D eigenvalue weighted by molar-refractivity contribution is -0.135. The van der Waals surface area contributed by atoms with E-state index in [0.717, 1.165) is 27.2 Å². The summed E-state index contributed by atoms with van der Waals surface area (Å²) in [5.74, 6) is -2.50. The second kappa shape index (κ2) is 47.3. The fourth-order valence-corrected chi connectivity index (χ4v) is 4.78. The fraction of sp³-hybridized carbons (Fsp3) is 0.917. The summed E-state index contributed by atoms with van der Waals surface area (Å²) in [5, 5.41) is 31.0. The first-order valence-electron chi connectivity index (χ1n) is 17.8. The molecule has 0 aliphatic heterocycles. The maximum atomic E-state index is 9.00. The second-order valence-electron chi connectivity index (χ2n) is 11.8. The lowest BCUT2D eigenvalue weighted by Gasteiger charge is -2.04. The Balaban J connectivity index is -0.000000532. The van der Waals surface area contributed by atoms with Crippen LogP contribution in [-0.2, 0) is 14.4 Å². The molecule has 7 heteroatoms. The van der Waals surface area contributed by atoms with Gasteiger partial charge in [-0.1, -0.05) is 180 Å². The quantitative estimate of drug-likeness (QED) is 0.0641. The average Bonchev–Trinajstić information content (AvgIpc) is 2.92. The molecule has 0 fully saturated rings. The summed E-state index contributed by atoms with van der Waals surface area (Å²) in [6.07, 6.45) is 40.1. The minimum atomic E-state index is -0.833.